The van der Waals surface area contributed by atoms with Gasteiger partial charge in [-0.3, -0.25) is 0 Å². The van der Waals surface area contributed by atoms with E-state index in [9.17, 15) is 0 Å². The summed E-state index contributed by atoms with van der Waals surface area (Å²) in [4.78, 5) is 0. The number of rotatable bonds is 0. The third-order valence-corrected chi connectivity index (χ3v) is 4.15. The monoisotopic (exact) mass is 233 g/mol. The molecule has 5 rings (SSSR count). The summed E-state index contributed by atoms with van der Waals surface area (Å²) in [7, 11) is 0. The minimum Gasteiger partial charge on any atom is -0.464 e. The van der Waals surface area contributed by atoms with E-state index in [2.05, 4.69) is 41.0 Å². The Bertz CT molecular complexity index is 926. The highest BCUT2D eigenvalue weighted by Crippen LogP contribution is 2.40. The molecule has 0 radical (unpaired) electrons. The maximum atomic E-state index is 5.60. The Kier molecular flexibility index (Phi) is 1.36. The molecule has 1 aliphatic heterocycles. The number of hydrogen-bond donors (Lipinski definition) is 0. The molecule has 0 unspecified atom stereocenters. The van der Waals surface area contributed by atoms with Gasteiger partial charge in [0.05, 0.1) is 11.8 Å². The lowest BCUT2D eigenvalue weighted by Crippen LogP contribution is -1.90. The summed E-state index contributed by atoms with van der Waals surface area (Å²) in [6.45, 7) is 1.09. The standard InChI is InChI=1S/C16H11NO/c1-2-4-13-11(3-1)15-12-6-8-18-14(12)9-10-5-7-17(13)16(10)15/h1-4,6,8-9H,5,7H2. The smallest absolute Gasteiger partial charge is 0.134 e. The lowest BCUT2D eigenvalue weighted by molar-refractivity contribution is 0.615. The second-order valence-electron chi connectivity index (χ2n) is 5.01. The Labute approximate surface area is 103 Å². The maximum Gasteiger partial charge on any atom is 0.134 e. The van der Waals surface area contributed by atoms with Gasteiger partial charge in [0.2, 0.25) is 0 Å². The zero-order chi connectivity index (χ0) is 11.7. The lowest BCUT2D eigenvalue weighted by atomic mass is 10.0. The molecule has 0 amide bonds. The van der Waals surface area contributed by atoms with E-state index in [0.29, 0.717) is 0 Å². The van der Waals surface area contributed by atoms with Gasteiger partial charge in [-0.2, -0.15) is 0 Å². The Morgan fingerprint density at radius 2 is 2.00 bits per heavy atom. The molecule has 2 nitrogen and oxygen atoms in total. The van der Waals surface area contributed by atoms with Gasteiger partial charge in [0, 0.05) is 28.2 Å². The summed E-state index contributed by atoms with van der Waals surface area (Å²) in [6, 6.07) is 13.0. The van der Waals surface area contributed by atoms with Crippen LogP contribution in [0.2, 0.25) is 0 Å². The SMILES string of the molecule is c1ccc2c(c1)c1c3ccoc3cc3c1n2CC3. The van der Waals surface area contributed by atoms with E-state index in [1.54, 1.807) is 6.26 Å². The number of hydrogen-bond acceptors (Lipinski definition) is 1. The van der Waals surface area contributed by atoms with E-state index in [-0.39, 0.29) is 0 Å². The third kappa shape index (κ3) is 0.839. The molecule has 2 heteroatoms. The van der Waals surface area contributed by atoms with E-state index < -0.39 is 0 Å². The predicted molar refractivity (Wildman–Crippen MR) is 72.9 cm³/mol. The van der Waals surface area contributed by atoms with Crippen LogP contribution in [0.5, 0.6) is 0 Å². The van der Waals surface area contributed by atoms with Crippen LogP contribution in [0.3, 0.4) is 0 Å². The van der Waals surface area contributed by atoms with Crippen LogP contribution >= 0.6 is 0 Å². The fourth-order valence-electron chi connectivity index (χ4n) is 3.43. The van der Waals surface area contributed by atoms with Crippen molar-refractivity contribution >= 4 is 32.8 Å². The van der Waals surface area contributed by atoms with Crippen molar-refractivity contribution in [2.75, 3.05) is 0 Å². The molecule has 0 N–H and O–H groups in total. The van der Waals surface area contributed by atoms with E-state index in [1.165, 1.54) is 32.8 Å². The molecule has 0 aliphatic carbocycles. The largest absolute Gasteiger partial charge is 0.464 e. The average Bonchev–Trinajstić information content (AvgIpc) is 3.08. The normalized spacial score (nSPS) is 14.2. The lowest BCUT2D eigenvalue weighted by Gasteiger charge is -1.98. The third-order valence-electron chi connectivity index (χ3n) is 4.15. The first kappa shape index (κ1) is 8.81. The van der Waals surface area contributed by atoms with Crippen molar-refractivity contribution in [1.29, 1.82) is 0 Å². The molecule has 3 heterocycles. The van der Waals surface area contributed by atoms with Crippen molar-refractivity contribution in [3.05, 3.63) is 48.2 Å². The van der Waals surface area contributed by atoms with E-state index in [4.69, 9.17) is 4.42 Å². The quantitative estimate of drug-likeness (QED) is 0.447. The molecule has 0 saturated heterocycles. The molecular weight excluding hydrogens is 222 g/mol. The molecule has 0 fully saturated rings. The molecular formula is C16H11NO. The first-order chi connectivity index (χ1) is 8.93. The van der Waals surface area contributed by atoms with Crippen LogP contribution < -0.4 is 0 Å². The highest BCUT2D eigenvalue weighted by Gasteiger charge is 2.21. The van der Waals surface area contributed by atoms with Crippen LogP contribution in [-0.2, 0) is 13.0 Å². The van der Waals surface area contributed by atoms with Gasteiger partial charge in [0.25, 0.3) is 0 Å². The summed E-state index contributed by atoms with van der Waals surface area (Å²) in [5.41, 5.74) is 5.19. The van der Waals surface area contributed by atoms with Gasteiger partial charge in [-0.05, 0) is 30.2 Å². The molecule has 0 bridgehead atoms. The molecule has 0 atom stereocenters. The zero-order valence-electron chi connectivity index (χ0n) is 9.81. The Hall–Kier alpha value is -2.22. The van der Waals surface area contributed by atoms with E-state index in [1.807, 2.05) is 0 Å². The minimum absolute atomic E-state index is 1.02. The highest BCUT2D eigenvalue weighted by atomic mass is 16.3. The molecule has 0 saturated carbocycles. The summed E-state index contributed by atoms with van der Waals surface area (Å²) >= 11 is 0. The topological polar surface area (TPSA) is 18.1 Å². The van der Waals surface area contributed by atoms with E-state index >= 15 is 0 Å². The number of para-hydroxylation sites is 1. The Morgan fingerprint density at radius 1 is 1.06 bits per heavy atom. The number of aromatic nitrogens is 1. The van der Waals surface area contributed by atoms with Crippen molar-refractivity contribution < 1.29 is 4.42 Å². The molecule has 2 aromatic carbocycles. The first-order valence-electron chi connectivity index (χ1n) is 6.33. The second kappa shape index (κ2) is 2.78. The molecule has 86 valence electrons. The van der Waals surface area contributed by atoms with Crippen molar-refractivity contribution in [2.45, 2.75) is 13.0 Å². The molecule has 4 aromatic rings. The second-order valence-corrected chi connectivity index (χ2v) is 5.01. The van der Waals surface area contributed by atoms with Gasteiger partial charge in [0.15, 0.2) is 0 Å². The van der Waals surface area contributed by atoms with Crippen LogP contribution in [0.25, 0.3) is 32.8 Å². The van der Waals surface area contributed by atoms with Crippen LogP contribution in [-0.4, -0.2) is 4.57 Å². The van der Waals surface area contributed by atoms with Crippen LogP contribution in [0.4, 0.5) is 0 Å². The molecule has 18 heavy (non-hydrogen) atoms. The van der Waals surface area contributed by atoms with Crippen molar-refractivity contribution in [3.63, 3.8) is 0 Å². The minimum atomic E-state index is 1.02. The number of fused-ring (bicyclic) bond motifs is 5. The number of nitrogens with zero attached hydrogens (tertiary/aromatic N) is 1. The Morgan fingerprint density at radius 3 is 3.00 bits per heavy atom. The van der Waals surface area contributed by atoms with Crippen LogP contribution in [0.1, 0.15) is 5.56 Å². The summed E-state index contributed by atoms with van der Waals surface area (Å²) < 4.78 is 8.05. The van der Waals surface area contributed by atoms with Crippen LogP contribution in [0, 0.1) is 0 Å². The number of aryl methyl sites for hydroxylation is 2. The Balaban J connectivity index is 2.25. The summed E-state index contributed by atoms with van der Waals surface area (Å²) in [5, 5.41) is 3.95. The van der Waals surface area contributed by atoms with Gasteiger partial charge < -0.3 is 8.98 Å². The molecule has 2 aromatic heterocycles. The number of furan rings is 1. The fraction of sp³-hybridized carbons (Fsp3) is 0.125. The summed E-state index contributed by atoms with van der Waals surface area (Å²) in [5.74, 6) is 0. The fourth-order valence-corrected chi connectivity index (χ4v) is 3.43. The van der Waals surface area contributed by atoms with Crippen molar-refractivity contribution in [1.82, 2.24) is 4.57 Å². The average molecular weight is 233 g/mol. The molecule has 1 aliphatic rings. The highest BCUT2D eigenvalue weighted by molar-refractivity contribution is 6.21. The number of benzene rings is 2. The maximum absolute atomic E-state index is 5.60. The first-order valence-corrected chi connectivity index (χ1v) is 6.33. The van der Waals surface area contributed by atoms with Gasteiger partial charge >= 0.3 is 0 Å². The van der Waals surface area contributed by atoms with E-state index in [0.717, 1.165) is 18.5 Å². The van der Waals surface area contributed by atoms with Gasteiger partial charge in [-0.15, -0.1) is 0 Å². The molecule has 0 spiro atoms. The van der Waals surface area contributed by atoms with Gasteiger partial charge in [0.1, 0.15) is 5.58 Å². The zero-order valence-corrected chi connectivity index (χ0v) is 9.81. The van der Waals surface area contributed by atoms with Crippen molar-refractivity contribution in [2.24, 2.45) is 0 Å². The van der Waals surface area contributed by atoms with Gasteiger partial charge in [-0.1, -0.05) is 18.2 Å². The van der Waals surface area contributed by atoms with Crippen LogP contribution in [0.15, 0.2) is 47.1 Å². The van der Waals surface area contributed by atoms with Gasteiger partial charge in [-0.25, -0.2) is 0 Å². The predicted octanol–water partition coefficient (Wildman–Crippen LogP) is 4.10. The summed E-state index contributed by atoms with van der Waals surface area (Å²) in [6.07, 6.45) is 2.91. The van der Waals surface area contributed by atoms with Crippen molar-refractivity contribution in [3.8, 4) is 0 Å².